The molecule has 2 N–H and O–H groups in total. The number of nitrogens with one attached hydrogen (secondary N) is 1. The maximum Gasteiger partial charge on any atom is 0.394 e. The molecule has 1 aliphatic rings. The van der Waals surface area contributed by atoms with E-state index in [2.05, 4.69) is 17.3 Å². The zero-order valence-corrected chi connectivity index (χ0v) is 23.5. The Bertz CT molecular complexity index is 1170. The van der Waals surface area contributed by atoms with Gasteiger partial charge in [-0.15, -0.1) is 0 Å². The van der Waals surface area contributed by atoms with Crippen LogP contribution in [0.4, 0.5) is 22.0 Å². The van der Waals surface area contributed by atoms with Gasteiger partial charge in [-0.3, -0.25) is 9.48 Å². The highest BCUT2D eigenvalue weighted by Gasteiger charge is 2.47. The number of amides is 1. The highest BCUT2D eigenvalue weighted by Crippen LogP contribution is 2.42. The summed E-state index contributed by atoms with van der Waals surface area (Å²) in [6.07, 6.45) is -2.13. The number of ether oxygens (including phenoxy) is 2. The maximum absolute atomic E-state index is 13.5. The van der Waals surface area contributed by atoms with E-state index in [1.165, 1.54) is 30.0 Å². The van der Waals surface area contributed by atoms with Gasteiger partial charge in [0.25, 0.3) is 5.91 Å². The van der Waals surface area contributed by atoms with Crippen molar-refractivity contribution in [3.05, 3.63) is 35.0 Å². The Morgan fingerprint density at radius 3 is 2.48 bits per heavy atom. The van der Waals surface area contributed by atoms with Crippen molar-refractivity contribution >= 4 is 5.91 Å². The summed E-state index contributed by atoms with van der Waals surface area (Å²) >= 11 is 0. The van der Waals surface area contributed by atoms with Crippen LogP contribution >= 0.6 is 0 Å². The van der Waals surface area contributed by atoms with E-state index >= 15 is 0 Å². The molecule has 1 heterocycles. The van der Waals surface area contributed by atoms with E-state index in [1.807, 2.05) is 0 Å². The van der Waals surface area contributed by atoms with Crippen LogP contribution in [0.25, 0.3) is 11.3 Å². The summed E-state index contributed by atoms with van der Waals surface area (Å²) in [6, 6.07) is 4.00. The van der Waals surface area contributed by atoms with Crippen LogP contribution in [0.3, 0.4) is 0 Å². The van der Waals surface area contributed by atoms with Gasteiger partial charge in [0.2, 0.25) is 0 Å². The lowest BCUT2D eigenvalue weighted by atomic mass is 9.79. The molecular formula is C28H38F5N3O4. The van der Waals surface area contributed by atoms with Gasteiger partial charge in [-0.25, -0.2) is 0 Å². The molecule has 0 atom stereocenters. The van der Waals surface area contributed by atoms with Crippen LogP contribution in [0.2, 0.25) is 0 Å². The minimum Gasteiger partial charge on any atom is -0.434 e. The van der Waals surface area contributed by atoms with E-state index in [1.54, 1.807) is 6.92 Å². The summed E-state index contributed by atoms with van der Waals surface area (Å²) in [5.74, 6) is -0.362. The van der Waals surface area contributed by atoms with Crippen LogP contribution in [0.1, 0.15) is 68.1 Å². The third-order valence-electron chi connectivity index (χ3n) is 7.63. The number of benzene rings is 1. The van der Waals surface area contributed by atoms with E-state index in [4.69, 9.17) is 9.47 Å². The number of hydrogen-bond acceptors (Lipinski definition) is 5. The van der Waals surface area contributed by atoms with Crippen LogP contribution in [-0.2, 0) is 17.7 Å². The summed E-state index contributed by atoms with van der Waals surface area (Å²) in [6.45, 7) is 2.95. The average molecular weight is 576 g/mol. The molecule has 1 fully saturated rings. The van der Waals surface area contributed by atoms with Crippen molar-refractivity contribution in [2.45, 2.75) is 84.7 Å². The minimum atomic E-state index is -4.50. The molecule has 0 radical (unpaired) electrons. The molecule has 0 saturated heterocycles. The first kappa shape index (κ1) is 31.8. The van der Waals surface area contributed by atoms with Crippen LogP contribution < -0.4 is 10.1 Å². The number of halogens is 5. The van der Waals surface area contributed by atoms with Crippen molar-refractivity contribution in [3.8, 4) is 17.0 Å². The minimum absolute atomic E-state index is 0.0316. The molecule has 0 bridgehead atoms. The van der Waals surface area contributed by atoms with Crippen LogP contribution in [0, 0.1) is 18.3 Å². The lowest BCUT2D eigenvalue weighted by molar-refractivity contribution is -0.211. The van der Waals surface area contributed by atoms with Crippen molar-refractivity contribution in [2.24, 2.45) is 11.3 Å². The largest absolute Gasteiger partial charge is 0.434 e. The van der Waals surface area contributed by atoms with E-state index in [0.717, 1.165) is 26.7 Å². The molecule has 1 aromatic heterocycles. The third kappa shape index (κ3) is 7.51. The van der Waals surface area contributed by atoms with Gasteiger partial charge in [0.05, 0.1) is 29.9 Å². The molecular weight excluding hydrogens is 537 g/mol. The van der Waals surface area contributed by atoms with Gasteiger partial charge >= 0.3 is 12.8 Å². The standard InChI is InChI=1S/C28H38F5N3O4/c1-17-8-10-27(38,11-9-17)16-34-24(37)22-18(2)23(36(35-22)12-13-39-5)20-7-6-19(14-21(20)40-25(29)30)15-26(3,4)28(31,32)33/h6-7,14,17,25,38H,8-13,15-16H2,1-5H3,(H,34,37)/t17-,27+. The second-order valence-corrected chi connectivity index (χ2v) is 11.4. The smallest absolute Gasteiger partial charge is 0.394 e. The summed E-state index contributed by atoms with van der Waals surface area (Å²) in [5.41, 5.74) is -2.12. The first-order valence-corrected chi connectivity index (χ1v) is 13.3. The molecule has 1 aliphatic carbocycles. The zero-order valence-electron chi connectivity index (χ0n) is 23.5. The number of aromatic nitrogens is 2. The fraction of sp³-hybridized carbons (Fsp3) is 0.643. The van der Waals surface area contributed by atoms with Crippen molar-refractivity contribution in [1.82, 2.24) is 15.1 Å². The van der Waals surface area contributed by atoms with Crippen molar-refractivity contribution in [2.75, 3.05) is 20.3 Å². The molecule has 224 valence electrons. The molecule has 3 rings (SSSR count). The Balaban J connectivity index is 1.98. The number of aliphatic hydroxyl groups is 1. The first-order valence-electron chi connectivity index (χ1n) is 13.3. The van der Waals surface area contributed by atoms with E-state index in [9.17, 15) is 31.9 Å². The predicted molar refractivity (Wildman–Crippen MR) is 139 cm³/mol. The van der Waals surface area contributed by atoms with Crippen molar-refractivity contribution < 1.29 is 41.3 Å². The number of carbonyl (C=O) groups excluding carboxylic acids is 1. The molecule has 1 amide bonds. The third-order valence-corrected chi connectivity index (χ3v) is 7.63. The number of nitrogens with zero attached hydrogens (tertiary/aromatic N) is 2. The van der Waals surface area contributed by atoms with Crippen molar-refractivity contribution in [1.29, 1.82) is 0 Å². The zero-order chi connectivity index (χ0) is 29.9. The second kappa shape index (κ2) is 12.4. The van der Waals surface area contributed by atoms with Crippen LogP contribution in [0.15, 0.2) is 18.2 Å². The van der Waals surface area contributed by atoms with Gasteiger partial charge < -0.3 is 19.9 Å². The summed E-state index contributed by atoms with van der Waals surface area (Å²) in [5, 5.41) is 18.0. The van der Waals surface area contributed by atoms with E-state index in [-0.39, 0.29) is 42.3 Å². The monoisotopic (exact) mass is 575 g/mol. The number of alkyl halides is 5. The van der Waals surface area contributed by atoms with Gasteiger partial charge in [-0.2, -0.15) is 27.1 Å². The SMILES string of the molecule is COCCn1nc(C(=O)NC[C@]2(O)CC[C@@H](C)CC2)c(C)c1-c1ccc(CC(C)(C)C(F)(F)F)cc1OC(F)F. The topological polar surface area (TPSA) is 85.6 Å². The maximum atomic E-state index is 13.5. The summed E-state index contributed by atoms with van der Waals surface area (Å²) in [7, 11) is 1.47. The molecule has 2 aromatic rings. The van der Waals surface area contributed by atoms with Gasteiger partial charge in [-0.05, 0) is 62.6 Å². The Morgan fingerprint density at radius 1 is 1.25 bits per heavy atom. The van der Waals surface area contributed by atoms with Gasteiger partial charge in [-0.1, -0.05) is 26.8 Å². The highest BCUT2D eigenvalue weighted by atomic mass is 19.4. The van der Waals surface area contributed by atoms with Crippen LogP contribution in [-0.4, -0.2) is 59.4 Å². The molecule has 1 aromatic carbocycles. The summed E-state index contributed by atoms with van der Waals surface area (Å²) < 4.78 is 78.6. The summed E-state index contributed by atoms with van der Waals surface area (Å²) in [4.78, 5) is 13.2. The molecule has 0 spiro atoms. The number of methoxy groups -OCH3 is 1. The Morgan fingerprint density at radius 2 is 1.90 bits per heavy atom. The van der Waals surface area contributed by atoms with E-state index < -0.39 is 36.1 Å². The fourth-order valence-corrected chi connectivity index (χ4v) is 4.93. The Hall–Kier alpha value is -2.73. The molecule has 1 saturated carbocycles. The van der Waals surface area contributed by atoms with Crippen LogP contribution in [0.5, 0.6) is 5.75 Å². The first-order chi connectivity index (χ1) is 18.6. The normalized spacial score (nSPS) is 20.1. The average Bonchev–Trinajstić information content (AvgIpc) is 3.18. The van der Waals surface area contributed by atoms with Crippen molar-refractivity contribution in [3.63, 3.8) is 0 Å². The second-order valence-electron chi connectivity index (χ2n) is 11.4. The fourth-order valence-electron chi connectivity index (χ4n) is 4.93. The lowest BCUT2D eigenvalue weighted by Crippen LogP contribution is -2.45. The number of rotatable bonds is 11. The van der Waals surface area contributed by atoms with Gasteiger partial charge in [0.15, 0.2) is 5.69 Å². The number of hydrogen-bond donors (Lipinski definition) is 2. The number of carbonyl (C=O) groups is 1. The van der Waals surface area contributed by atoms with E-state index in [0.29, 0.717) is 30.0 Å². The molecule has 12 heteroatoms. The van der Waals surface area contributed by atoms with Gasteiger partial charge in [0, 0.05) is 24.8 Å². The quantitative estimate of drug-likeness (QED) is 0.326. The van der Waals surface area contributed by atoms with Gasteiger partial charge in [0.1, 0.15) is 5.75 Å². The Labute approximate surface area is 231 Å². The highest BCUT2D eigenvalue weighted by molar-refractivity contribution is 5.95. The lowest BCUT2D eigenvalue weighted by Gasteiger charge is -2.34. The molecule has 40 heavy (non-hydrogen) atoms. The molecule has 0 aliphatic heterocycles. The predicted octanol–water partition coefficient (Wildman–Crippen LogP) is 5.91. The molecule has 0 unspecified atom stereocenters. The molecule has 7 nitrogen and oxygen atoms in total. The Kier molecular flexibility index (Phi) is 9.87.